The predicted octanol–water partition coefficient (Wildman–Crippen LogP) is 3.58. The highest BCUT2D eigenvalue weighted by Gasteiger charge is 2.31. The average Bonchev–Trinajstić information content (AvgIpc) is 2.30. The highest BCUT2D eigenvalue weighted by Crippen LogP contribution is 2.41. The standard InChI is InChI=1S/C13H18BrNO/c1-16-11-7-5-6-10(12(11)14)13(15)8-3-2-4-9-13/h5-7H,2-4,8-9,15H2,1H3. The van der Waals surface area contributed by atoms with Gasteiger partial charge in [-0.25, -0.2) is 0 Å². The van der Waals surface area contributed by atoms with Gasteiger partial charge >= 0.3 is 0 Å². The monoisotopic (exact) mass is 283 g/mol. The Morgan fingerprint density at radius 1 is 1.25 bits per heavy atom. The number of ether oxygens (including phenoxy) is 1. The maximum atomic E-state index is 6.52. The molecule has 0 unspecified atom stereocenters. The van der Waals surface area contributed by atoms with Gasteiger partial charge in [-0.1, -0.05) is 31.4 Å². The minimum absolute atomic E-state index is 0.175. The topological polar surface area (TPSA) is 35.2 Å². The SMILES string of the molecule is COc1cccc(C2(N)CCCCC2)c1Br. The van der Waals surface area contributed by atoms with Gasteiger partial charge in [-0.3, -0.25) is 0 Å². The number of hydrogen-bond acceptors (Lipinski definition) is 2. The average molecular weight is 284 g/mol. The van der Waals surface area contributed by atoms with Gasteiger partial charge in [0.25, 0.3) is 0 Å². The Bertz CT molecular complexity index is 372. The molecular weight excluding hydrogens is 266 g/mol. The molecule has 16 heavy (non-hydrogen) atoms. The van der Waals surface area contributed by atoms with E-state index in [1.807, 2.05) is 12.1 Å². The third-order valence-electron chi connectivity index (χ3n) is 3.47. The Labute approximate surface area is 105 Å². The zero-order valence-electron chi connectivity index (χ0n) is 9.63. The van der Waals surface area contributed by atoms with Gasteiger partial charge in [0.05, 0.1) is 11.6 Å². The van der Waals surface area contributed by atoms with E-state index in [1.165, 1.54) is 24.8 Å². The summed E-state index contributed by atoms with van der Waals surface area (Å²) in [4.78, 5) is 0. The van der Waals surface area contributed by atoms with Crippen molar-refractivity contribution in [2.45, 2.75) is 37.6 Å². The summed E-state index contributed by atoms with van der Waals surface area (Å²) >= 11 is 3.61. The lowest BCUT2D eigenvalue weighted by Crippen LogP contribution is -2.38. The maximum absolute atomic E-state index is 6.52. The molecule has 0 bridgehead atoms. The van der Waals surface area contributed by atoms with E-state index in [-0.39, 0.29) is 5.54 Å². The summed E-state index contributed by atoms with van der Waals surface area (Å²) in [6.45, 7) is 0. The van der Waals surface area contributed by atoms with E-state index in [2.05, 4.69) is 22.0 Å². The fourth-order valence-corrected chi connectivity index (χ4v) is 3.33. The summed E-state index contributed by atoms with van der Waals surface area (Å²) < 4.78 is 6.33. The van der Waals surface area contributed by atoms with Crippen LogP contribution in [0.25, 0.3) is 0 Å². The number of nitrogens with two attached hydrogens (primary N) is 1. The first-order chi connectivity index (χ1) is 7.67. The minimum atomic E-state index is -0.175. The first-order valence-electron chi connectivity index (χ1n) is 5.79. The van der Waals surface area contributed by atoms with Crippen molar-refractivity contribution in [3.8, 4) is 5.75 Å². The van der Waals surface area contributed by atoms with Crippen molar-refractivity contribution in [2.75, 3.05) is 7.11 Å². The maximum Gasteiger partial charge on any atom is 0.133 e. The van der Waals surface area contributed by atoms with Gasteiger partial charge in [-0.2, -0.15) is 0 Å². The zero-order chi connectivity index (χ0) is 11.6. The van der Waals surface area contributed by atoms with Crippen molar-refractivity contribution >= 4 is 15.9 Å². The Kier molecular flexibility index (Phi) is 3.55. The van der Waals surface area contributed by atoms with Crippen LogP contribution in [0.5, 0.6) is 5.75 Å². The molecule has 88 valence electrons. The highest BCUT2D eigenvalue weighted by atomic mass is 79.9. The van der Waals surface area contributed by atoms with E-state index in [9.17, 15) is 0 Å². The van der Waals surface area contributed by atoms with Gasteiger partial charge in [-0.05, 0) is 40.4 Å². The molecule has 2 rings (SSSR count). The molecule has 1 aromatic carbocycles. The second kappa shape index (κ2) is 4.76. The normalized spacial score (nSPS) is 19.4. The van der Waals surface area contributed by atoms with Gasteiger partial charge in [0, 0.05) is 5.54 Å². The molecule has 2 N–H and O–H groups in total. The molecule has 0 aliphatic heterocycles. The van der Waals surface area contributed by atoms with Crippen LogP contribution in [0.2, 0.25) is 0 Å². The summed E-state index contributed by atoms with van der Waals surface area (Å²) in [5.74, 6) is 0.868. The molecule has 1 saturated carbocycles. The molecule has 1 aliphatic rings. The van der Waals surface area contributed by atoms with Crippen LogP contribution in [0.15, 0.2) is 22.7 Å². The third-order valence-corrected chi connectivity index (χ3v) is 4.28. The van der Waals surface area contributed by atoms with Gasteiger partial charge < -0.3 is 10.5 Å². The molecule has 0 saturated heterocycles. The molecule has 0 radical (unpaired) electrons. The quantitative estimate of drug-likeness (QED) is 0.901. The lowest BCUT2D eigenvalue weighted by Gasteiger charge is -2.35. The van der Waals surface area contributed by atoms with Crippen LogP contribution in [0, 0.1) is 0 Å². The van der Waals surface area contributed by atoms with Gasteiger partial charge in [-0.15, -0.1) is 0 Å². The van der Waals surface area contributed by atoms with E-state index in [0.717, 1.165) is 23.1 Å². The molecule has 0 heterocycles. The van der Waals surface area contributed by atoms with Crippen molar-refractivity contribution < 1.29 is 4.74 Å². The Hall–Kier alpha value is -0.540. The number of methoxy groups -OCH3 is 1. The second-order valence-corrected chi connectivity index (χ2v) is 5.33. The Morgan fingerprint density at radius 2 is 1.94 bits per heavy atom. The molecular formula is C13H18BrNO. The van der Waals surface area contributed by atoms with E-state index in [0.29, 0.717) is 0 Å². The fourth-order valence-electron chi connectivity index (χ4n) is 2.50. The minimum Gasteiger partial charge on any atom is -0.496 e. The van der Waals surface area contributed by atoms with Crippen LogP contribution < -0.4 is 10.5 Å². The van der Waals surface area contributed by atoms with Gasteiger partial charge in [0.2, 0.25) is 0 Å². The smallest absolute Gasteiger partial charge is 0.133 e. The molecule has 0 spiro atoms. The molecule has 1 aromatic rings. The van der Waals surface area contributed by atoms with Crippen LogP contribution >= 0.6 is 15.9 Å². The van der Waals surface area contributed by atoms with E-state index in [4.69, 9.17) is 10.5 Å². The summed E-state index contributed by atoms with van der Waals surface area (Å²) in [6.07, 6.45) is 5.89. The van der Waals surface area contributed by atoms with Gasteiger partial charge in [0.1, 0.15) is 5.75 Å². The van der Waals surface area contributed by atoms with Crippen molar-refractivity contribution in [2.24, 2.45) is 5.73 Å². The lowest BCUT2D eigenvalue weighted by molar-refractivity contribution is 0.299. The molecule has 3 heteroatoms. The summed E-state index contributed by atoms with van der Waals surface area (Å²) in [5.41, 5.74) is 7.53. The van der Waals surface area contributed by atoms with Crippen LogP contribution in [0.3, 0.4) is 0 Å². The fraction of sp³-hybridized carbons (Fsp3) is 0.538. The summed E-state index contributed by atoms with van der Waals surface area (Å²) in [6, 6.07) is 6.08. The second-order valence-electron chi connectivity index (χ2n) is 4.54. The molecule has 0 amide bonds. The molecule has 2 nitrogen and oxygen atoms in total. The Balaban J connectivity index is 2.38. The summed E-state index contributed by atoms with van der Waals surface area (Å²) in [7, 11) is 1.69. The number of hydrogen-bond donors (Lipinski definition) is 1. The van der Waals surface area contributed by atoms with Crippen molar-refractivity contribution in [3.05, 3.63) is 28.2 Å². The number of rotatable bonds is 2. The molecule has 1 aliphatic carbocycles. The lowest BCUT2D eigenvalue weighted by atomic mass is 9.77. The molecule has 1 fully saturated rings. The highest BCUT2D eigenvalue weighted by molar-refractivity contribution is 9.10. The first-order valence-corrected chi connectivity index (χ1v) is 6.58. The van der Waals surface area contributed by atoms with Crippen LogP contribution in [-0.2, 0) is 5.54 Å². The van der Waals surface area contributed by atoms with Crippen molar-refractivity contribution in [3.63, 3.8) is 0 Å². The van der Waals surface area contributed by atoms with Crippen molar-refractivity contribution in [1.82, 2.24) is 0 Å². The Morgan fingerprint density at radius 3 is 2.56 bits per heavy atom. The summed E-state index contributed by atoms with van der Waals surface area (Å²) in [5, 5.41) is 0. The largest absolute Gasteiger partial charge is 0.496 e. The van der Waals surface area contributed by atoms with Crippen molar-refractivity contribution in [1.29, 1.82) is 0 Å². The van der Waals surface area contributed by atoms with Crippen LogP contribution in [0.4, 0.5) is 0 Å². The molecule has 0 aromatic heterocycles. The van der Waals surface area contributed by atoms with Gasteiger partial charge in [0.15, 0.2) is 0 Å². The number of halogens is 1. The zero-order valence-corrected chi connectivity index (χ0v) is 11.2. The first kappa shape index (κ1) is 11.9. The predicted molar refractivity (Wildman–Crippen MR) is 69.6 cm³/mol. The van der Waals surface area contributed by atoms with E-state index in [1.54, 1.807) is 7.11 Å². The van der Waals surface area contributed by atoms with E-state index >= 15 is 0 Å². The number of benzene rings is 1. The van der Waals surface area contributed by atoms with Crippen LogP contribution in [0.1, 0.15) is 37.7 Å². The van der Waals surface area contributed by atoms with Crippen LogP contribution in [-0.4, -0.2) is 7.11 Å². The molecule has 0 atom stereocenters. The van der Waals surface area contributed by atoms with E-state index < -0.39 is 0 Å². The third kappa shape index (κ3) is 2.11.